The summed E-state index contributed by atoms with van der Waals surface area (Å²) in [6.45, 7) is 6.68. The van der Waals surface area contributed by atoms with Crippen molar-refractivity contribution in [2.75, 3.05) is 6.61 Å². The molecule has 10 heteroatoms. The number of imidazole rings is 1. The number of hydrogen-bond donors (Lipinski definition) is 1. The van der Waals surface area contributed by atoms with Gasteiger partial charge in [-0.15, -0.1) is 5.10 Å². The topological polar surface area (TPSA) is 112 Å². The lowest BCUT2D eigenvalue weighted by Crippen LogP contribution is -2.16. The van der Waals surface area contributed by atoms with Crippen LogP contribution in [0.1, 0.15) is 60.7 Å². The van der Waals surface area contributed by atoms with Crippen LogP contribution in [-0.4, -0.2) is 42.8 Å². The molecular formula is C28H29BrN6O3. The van der Waals surface area contributed by atoms with Gasteiger partial charge in [-0.05, 0) is 64.3 Å². The quantitative estimate of drug-likeness (QED) is 0.149. The fourth-order valence-corrected chi connectivity index (χ4v) is 5.32. The van der Waals surface area contributed by atoms with Crippen LogP contribution < -0.4 is 0 Å². The van der Waals surface area contributed by atoms with Crippen molar-refractivity contribution in [3.05, 3.63) is 69.7 Å². The third kappa shape index (κ3) is 5.00. The summed E-state index contributed by atoms with van der Waals surface area (Å²) < 4.78 is 14.5. The van der Waals surface area contributed by atoms with Gasteiger partial charge in [0.2, 0.25) is 0 Å². The summed E-state index contributed by atoms with van der Waals surface area (Å²) in [5.74, 6) is 1.81. The normalized spacial score (nSPS) is 11.4. The molecule has 0 unspecified atom stereocenters. The fourth-order valence-electron chi connectivity index (χ4n) is 4.71. The molecule has 0 fully saturated rings. The number of aromatic nitrogens is 6. The first-order valence-corrected chi connectivity index (χ1v) is 13.6. The summed E-state index contributed by atoms with van der Waals surface area (Å²) in [6, 6.07) is 13.9. The van der Waals surface area contributed by atoms with Crippen molar-refractivity contribution >= 4 is 32.9 Å². The van der Waals surface area contributed by atoms with Gasteiger partial charge in [0.1, 0.15) is 17.2 Å². The molecule has 5 aromatic rings. The molecule has 0 aliphatic carbocycles. The van der Waals surface area contributed by atoms with Gasteiger partial charge < -0.3 is 13.7 Å². The lowest BCUT2D eigenvalue weighted by molar-refractivity contribution is 0.0513. The minimum absolute atomic E-state index is 0.316. The molecule has 5 rings (SSSR count). The Labute approximate surface area is 228 Å². The van der Waals surface area contributed by atoms with Gasteiger partial charge in [0.25, 0.3) is 0 Å². The summed E-state index contributed by atoms with van der Waals surface area (Å²) in [6.07, 6.45) is 4.06. The molecule has 0 spiro atoms. The second-order valence-electron chi connectivity index (χ2n) is 9.10. The van der Waals surface area contributed by atoms with Gasteiger partial charge in [-0.25, -0.2) is 14.9 Å². The van der Waals surface area contributed by atoms with Crippen LogP contribution in [0.2, 0.25) is 0 Å². The summed E-state index contributed by atoms with van der Waals surface area (Å²) in [7, 11) is 0. The van der Waals surface area contributed by atoms with Crippen molar-refractivity contribution in [1.29, 1.82) is 0 Å². The van der Waals surface area contributed by atoms with E-state index in [-0.39, 0.29) is 5.97 Å². The number of hydrogen-bond acceptors (Lipinski definition) is 7. The number of aromatic amines is 1. The van der Waals surface area contributed by atoms with E-state index in [4.69, 9.17) is 14.1 Å². The zero-order valence-corrected chi connectivity index (χ0v) is 23.2. The largest absolute Gasteiger partial charge is 0.461 e. The summed E-state index contributed by atoms with van der Waals surface area (Å²) in [5.41, 5.74) is 4.68. The Kier molecular flexibility index (Phi) is 7.69. The fraction of sp³-hybridized carbons (Fsp3) is 0.321. The number of esters is 1. The highest BCUT2D eigenvalue weighted by Gasteiger charge is 2.23. The van der Waals surface area contributed by atoms with Gasteiger partial charge in [0.05, 0.1) is 16.8 Å². The number of nitrogens with one attached hydrogen (secondary N) is 1. The molecule has 0 saturated heterocycles. The number of tetrazole rings is 1. The predicted molar refractivity (Wildman–Crippen MR) is 148 cm³/mol. The molecule has 38 heavy (non-hydrogen) atoms. The van der Waals surface area contributed by atoms with Crippen LogP contribution in [0.4, 0.5) is 0 Å². The third-order valence-electron chi connectivity index (χ3n) is 6.50. The molecule has 0 radical (unpaired) electrons. The van der Waals surface area contributed by atoms with Gasteiger partial charge in [-0.1, -0.05) is 50.1 Å². The average molecular weight is 577 g/mol. The smallest absolute Gasteiger partial charge is 0.356 e. The van der Waals surface area contributed by atoms with Crippen LogP contribution in [0.5, 0.6) is 0 Å². The highest BCUT2D eigenvalue weighted by molar-refractivity contribution is 9.10. The van der Waals surface area contributed by atoms with E-state index in [1.807, 2.05) is 54.8 Å². The molecule has 2 aromatic carbocycles. The van der Waals surface area contributed by atoms with Crippen LogP contribution >= 0.6 is 15.9 Å². The number of benzene rings is 2. The number of H-pyrrole nitrogens is 1. The lowest BCUT2D eigenvalue weighted by Gasteiger charge is -2.12. The first-order valence-electron chi connectivity index (χ1n) is 12.8. The second kappa shape index (κ2) is 11.3. The second-order valence-corrected chi connectivity index (χ2v) is 9.89. The molecule has 0 bridgehead atoms. The van der Waals surface area contributed by atoms with E-state index < -0.39 is 0 Å². The van der Waals surface area contributed by atoms with Gasteiger partial charge in [0.15, 0.2) is 11.5 Å². The third-order valence-corrected chi connectivity index (χ3v) is 7.29. The Balaban J connectivity index is 1.54. The first kappa shape index (κ1) is 25.8. The minimum atomic E-state index is -0.342. The molecule has 3 heterocycles. The van der Waals surface area contributed by atoms with E-state index in [2.05, 4.69) is 49.5 Å². The molecule has 0 amide bonds. The van der Waals surface area contributed by atoms with Crippen LogP contribution in [0, 0.1) is 6.92 Å². The minimum Gasteiger partial charge on any atom is -0.461 e. The number of rotatable bonds is 10. The highest BCUT2D eigenvalue weighted by Crippen LogP contribution is 2.41. The Morgan fingerprint density at radius 2 is 1.95 bits per heavy atom. The molecular weight excluding hydrogens is 548 g/mol. The Morgan fingerprint density at radius 3 is 2.68 bits per heavy atom. The average Bonchev–Trinajstić information content (AvgIpc) is 3.63. The Morgan fingerprint density at radius 1 is 1.13 bits per heavy atom. The Bertz CT molecular complexity index is 1570. The van der Waals surface area contributed by atoms with Crippen LogP contribution in [0.15, 0.2) is 51.4 Å². The predicted octanol–water partition coefficient (Wildman–Crippen LogP) is 6.51. The van der Waals surface area contributed by atoms with E-state index in [1.165, 1.54) is 0 Å². The lowest BCUT2D eigenvalue weighted by atomic mass is 10.0. The maximum absolute atomic E-state index is 12.9. The van der Waals surface area contributed by atoms with E-state index in [1.54, 1.807) is 0 Å². The SMILES string of the molecule is CCCCCc1nc(C)c(C(=O)OCC)n1Cc1ccc2oc(-c3ccccc3-c3nnn[nH]3)c(Br)c2c1. The summed E-state index contributed by atoms with van der Waals surface area (Å²) in [5, 5.41) is 15.3. The van der Waals surface area contributed by atoms with Crippen molar-refractivity contribution in [2.45, 2.75) is 53.0 Å². The van der Waals surface area contributed by atoms with Crippen molar-refractivity contribution in [3.8, 4) is 22.7 Å². The summed E-state index contributed by atoms with van der Waals surface area (Å²) in [4.78, 5) is 17.6. The van der Waals surface area contributed by atoms with Crippen LogP contribution in [-0.2, 0) is 17.7 Å². The van der Waals surface area contributed by atoms with E-state index in [9.17, 15) is 4.79 Å². The monoisotopic (exact) mass is 576 g/mol. The number of nitrogens with zero attached hydrogens (tertiary/aromatic N) is 5. The van der Waals surface area contributed by atoms with Crippen LogP contribution in [0.3, 0.4) is 0 Å². The van der Waals surface area contributed by atoms with Crippen LogP contribution in [0.25, 0.3) is 33.7 Å². The molecule has 0 atom stereocenters. The van der Waals surface area contributed by atoms with E-state index >= 15 is 0 Å². The van der Waals surface area contributed by atoms with E-state index in [0.29, 0.717) is 36.1 Å². The van der Waals surface area contributed by atoms with Gasteiger partial charge >= 0.3 is 5.97 Å². The van der Waals surface area contributed by atoms with Gasteiger partial charge in [-0.3, -0.25) is 0 Å². The zero-order chi connectivity index (χ0) is 26.6. The number of carbonyl (C=O) groups is 1. The number of ether oxygens (including phenoxy) is 1. The Hall–Kier alpha value is -3.79. The molecule has 0 aliphatic rings. The maximum atomic E-state index is 12.9. The number of fused-ring (bicyclic) bond motifs is 1. The standard InChI is InChI=1S/C28H29BrN6O3/c1-4-6-7-12-23-30-17(3)25(28(36)37-5-2)35(23)16-18-13-14-22-21(15-18)24(29)26(38-22)19-10-8-9-11-20(19)27-31-33-34-32-27/h8-11,13-15H,4-7,12,16H2,1-3H3,(H,31,32,33,34). The van der Waals surface area contributed by atoms with Gasteiger partial charge in [0, 0.05) is 29.5 Å². The van der Waals surface area contributed by atoms with Crippen molar-refractivity contribution < 1.29 is 13.9 Å². The number of aryl methyl sites for hydroxylation is 2. The maximum Gasteiger partial charge on any atom is 0.356 e. The molecule has 9 nitrogen and oxygen atoms in total. The number of unbranched alkanes of at least 4 members (excludes halogenated alkanes) is 2. The molecule has 196 valence electrons. The van der Waals surface area contributed by atoms with Gasteiger partial charge in [-0.2, -0.15) is 0 Å². The number of halogens is 1. The van der Waals surface area contributed by atoms with Crippen molar-refractivity contribution in [2.24, 2.45) is 0 Å². The molecule has 0 aliphatic heterocycles. The molecule has 0 saturated carbocycles. The summed E-state index contributed by atoms with van der Waals surface area (Å²) >= 11 is 3.78. The molecule has 3 aromatic heterocycles. The zero-order valence-electron chi connectivity index (χ0n) is 21.6. The van der Waals surface area contributed by atoms with Crippen molar-refractivity contribution in [3.63, 3.8) is 0 Å². The first-order chi connectivity index (χ1) is 18.5. The number of carbonyl (C=O) groups excluding carboxylic acids is 1. The van der Waals surface area contributed by atoms with Crippen molar-refractivity contribution in [1.82, 2.24) is 30.2 Å². The molecule has 1 N–H and O–H groups in total. The number of furan rings is 1. The van der Waals surface area contributed by atoms with E-state index in [0.717, 1.165) is 63.6 Å². The highest BCUT2D eigenvalue weighted by atomic mass is 79.9.